The third-order valence-electron chi connectivity index (χ3n) is 2.70. The van der Waals surface area contributed by atoms with Gasteiger partial charge in [0.1, 0.15) is 0 Å². The molecule has 1 atom stereocenters. The van der Waals surface area contributed by atoms with E-state index >= 15 is 0 Å². The van der Waals surface area contributed by atoms with Gasteiger partial charge in [-0.25, -0.2) is 0 Å². The number of nitrogens with two attached hydrogens (primary N) is 1. The Hall–Kier alpha value is -0.530. The van der Waals surface area contributed by atoms with Gasteiger partial charge in [-0.15, -0.1) is 0 Å². The number of hydrogen-bond acceptors (Lipinski definition) is 1. The van der Waals surface area contributed by atoms with Gasteiger partial charge < -0.3 is 5.73 Å². The fraction of sp³-hybridized carbons (Fsp3) is 0.538. The Bertz CT molecular complexity index is 300. The van der Waals surface area contributed by atoms with Crippen LogP contribution in [-0.2, 0) is 0 Å². The molecule has 0 amide bonds. The molecule has 0 aromatic heterocycles. The quantitative estimate of drug-likeness (QED) is 0.821. The van der Waals surface area contributed by atoms with Gasteiger partial charge in [-0.05, 0) is 42.9 Å². The molecule has 1 nitrogen and oxygen atoms in total. The van der Waals surface area contributed by atoms with Crippen molar-refractivity contribution in [2.24, 2.45) is 11.7 Å². The van der Waals surface area contributed by atoms with Gasteiger partial charge in [-0.3, -0.25) is 0 Å². The van der Waals surface area contributed by atoms with Crippen molar-refractivity contribution in [3.8, 4) is 0 Å². The molecule has 1 rings (SSSR count). The van der Waals surface area contributed by atoms with Crippen molar-refractivity contribution in [1.29, 1.82) is 0 Å². The lowest BCUT2D eigenvalue weighted by Gasteiger charge is -2.17. The van der Waals surface area contributed by atoms with Crippen molar-refractivity contribution in [1.82, 2.24) is 0 Å². The summed E-state index contributed by atoms with van der Waals surface area (Å²) in [5, 5.41) is 0.797. The van der Waals surface area contributed by atoms with Gasteiger partial charge in [0.25, 0.3) is 0 Å². The molecule has 0 saturated heterocycles. The van der Waals surface area contributed by atoms with Gasteiger partial charge >= 0.3 is 0 Å². The maximum absolute atomic E-state index is 6.16. The second-order valence-corrected chi connectivity index (χ2v) is 4.96. The van der Waals surface area contributed by atoms with E-state index < -0.39 is 0 Å². The van der Waals surface area contributed by atoms with Crippen molar-refractivity contribution in [3.05, 3.63) is 34.3 Å². The molecule has 1 aromatic rings. The number of benzene rings is 1. The highest BCUT2D eigenvalue weighted by Crippen LogP contribution is 2.28. The van der Waals surface area contributed by atoms with E-state index in [4.69, 9.17) is 17.3 Å². The van der Waals surface area contributed by atoms with Crippen LogP contribution in [0.5, 0.6) is 0 Å². The van der Waals surface area contributed by atoms with Crippen LogP contribution in [0, 0.1) is 12.8 Å². The normalized spacial score (nSPS) is 13.2. The topological polar surface area (TPSA) is 26.0 Å². The van der Waals surface area contributed by atoms with Crippen LogP contribution in [-0.4, -0.2) is 0 Å². The molecule has 0 spiro atoms. The van der Waals surface area contributed by atoms with Crippen LogP contribution in [0.1, 0.15) is 43.9 Å². The second-order valence-electron chi connectivity index (χ2n) is 4.55. The average Bonchev–Trinajstić information content (AvgIpc) is 2.14. The van der Waals surface area contributed by atoms with Crippen LogP contribution in [0.2, 0.25) is 5.02 Å². The van der Waals surface area contributed by atoms with Crippen molar-refractivity contribution in [3.63, 3.8) is 0 Å². The van der Waals surface area contributed by atoms with Crippen molar-refractivity contribution < 1.29 is 0 Å². The Morgan fingerprint density at radius 3 is 2.47 bits per heavy atom. The van der Waals surface area contributed by atoms with Crippen molar-refractivity contribution in [2.75, 3.05) is 0 Å². The summed E-state index contributed by atoms with van der Waals surface area (Å²) in [6.07, 6.45) is 2.15. The molecule has 0 bridgehead atoms. The van der Waals surface area contributed by atoms with E-state index in [1.54, 1.807) is 0 Å². The summed E-state index contributed by atoms with van der Waals surface area (Å²) in [6, 6.07) is 6.02. The van der Waals surface area contributed by atoms with Gasteiger partial charge in [0.15, 0.2) is 0 Å². The van der Waals surface area contributed by atoms with Gasteiger partial charge in [-0.1, -0.05) is 37.6 Å². The molecule has 0 aliphatic heterocycles. The zero-order chi connectivity index (χ0) is 11.4. The summed E-state index contributed by atoms with van der Waals surface area (Å²) in [4.78, 5) is 0. The van der Waals surface area contributed by atoms with Crippen LogP contribution in [0.15, 0.2) is 18.2 Å². The first kappa shape index (κ1) is 12.5. The SMILES string of the molecule is Cc1cccc(Cl)c1[C@@H](N)CCC(C)C. The lowest BCUT2D eigenvalue weighted by atomic mass is 9.95. The predicted molar refractivity (Wildman–Crippen MR) is 67.2 cm³/mol. The highest BCUT2D eigenvalue weighted by atomic mass is 35.5. The third-order valence-corrected chi connectivity index (χ3v) is 3.03. The Balaban J connectivity index is 2.77. The summed E-state index contributed by atoms with van der Waals surface area (Å²) in [5.41, 5.74) is 8.46. The second kappa shape index (κ2) is 5.53. The highest BCUT2D eigenvalue weighted by molar-refractivity contribution is 6.31. The summed E-state index contributed by atoms with van der Waals surface area (Å²) in [7, 11) is 0. The number of halogens is 1. The monoisotopic (exact) mass is 225 g/mol. The molecule has 0 aliphatic rings. The van der Waals surface area contributed by atoms with Crippen LogP contribution in [0.3, 0.4) is 0 Å². The standard InChI is InChI=1S/C13H20ClN/c1-9(2)7-8-12(15)13-10(3)5-4-6-11(13)14/h4-6,9,12H,7-8,15H2,1-3H3/t12-/m0/s1. The Kier molecular flexibility index (Phi) is 4.62. The Morgan fingerprint density at radius 1 is 1.27 bits per heavy atom. The number of aryl methyl sites for hydroxylation is 1. The molecule has 0 radical (unpaired) electrons. The van der Waals surface area contributed by atoms with E-state index in [1.807, 2.05) is 12.1 Å². The van der Waals surface area contributed by atoms with E-state index in [0.29, 0.717) is 5.92 Å². The van der Waals surface area contributed by atoms with Crippen LogP contribution in [0.25, 0.3) is 0 Å². The minimum Gasteiger partial charge on any atom is -0.324 e. The number of hydrogen-bond donors (Lipinski definition) is 1. The zero-order valence-electron chi connectivity index (χ0n) is 9.76. The largest absolute Gasteiger partial charge is 0.324 e. The van der Waals surface area contributed by atoms with Gasteiger partial charge in [0, 0.05) is 11.1 Å². The molecular formula is C13H20ClN. The molecular weight excluding hydrogens is 206 g/mol. The summed E-state index contributed by atoms with van der Waals surface area (Å²) in [6.45, 7) is 6.49. The van der Waals surface area contributed by atoms with Gasteiger partial charge in [0.05, 0.1) is 0 Å². The third kappa shape index (κ3) is 3.51. The first-order valence-corrected chi connectivity index (χ1v) is 5.90. The number of rotatable bonds is 4. The molecule has 2 N–H and O–H groups in total. The van der Waals surface area contributed by atoms with Gasteiger partial charge in [0.2, 0.25) is 0 Å². The molecule has 84 valence electrons. The van der Waals surface area contributed by atoms with Crippen LogP contribution < -0.4 is 5.73 Å². The summed E-state index contributed by atoms with van der Waals surface area (Å²) >= 11 is 6.16. The molecule has 0 fully saturated rings. The van der Waals surface area contributed by atoms with Crippen molar-refractivity contribution in [2.45, 2.75) is 39.7 Å². The van der Waals surface area contributed by atoms with E-state index in [-0.39, 0.29) is 6.04 Å². The summed E-state index contributed by atoms with van der Waals surface area (Å²) in [5.74, 6) is 0.693. The maximum atomic E-state index is 6.16. The minimum absolute atomic E-state index is 0.0705. The fourth-order valence-corrected chi connectivity index (χ4v) is 2.13. The molecule has 15 heavy (non-hydrogen) atoms. The Morgan fingerprint density at radius 2 is 1.93 bits per heavy atom. The summed E-state index contributed by atoms with van der Waals surface area (Å²) < 4.78 is 0. The maximum Gasteiger partial charge on any atom is 0.0456 e. The smallest absolute Gasteiger partial charge is 0.0456 e. The molecule has 0 heterocycles. The van der Waals surface area contributed by atoms with E-state index in [9.17, 15) is 0 Å². The van der Waals surface area contributed by atoms with Crippen LogP contribution in [0.4, 0.5) is 0 Å². The minimum atomic E-state index is 0.0705. The molecule has 0 aliphatic carbocycles. The van der Waals surface area contributed by atoms with E-state index in [0.717, 1.165) is 23.4 Å². The molecule has 0 unspecified atom stereocenters. The molecule has 0 saturated carbocycles. The average molecular weight is 226 g/mol. The first-order valence-electron chi connectivity index (χ1n) is 5.53. The lowest BCUT2D eigenvalue weighted by Crippen LogP contribution is -2.13. The zero-order valence-corrected chi connectivity index (χ0v) is 10.5. The lowest BCUT2D eigenvalue weighted by molar-refractivity contribution is 0.506. The van der Waals surface area contributed by atoms with Gasteiger partial charge in [-0.2, -0.15) is 0 Å². The van der Waals surface area contributed by atoms with Crippen molar-refractivity contribution >= 4 is 11.6 Å². The predicted octanol–water partition coefficient (Wildman–Crippen LogP) is 4.08. The van der Waals surface area contributed by atoms with E-state index in [1.165, 1.54) is 5.56 Å². The van der Waals surface area contributed by atoms with Crippen LogP contribution >= 0.6 is 11.6 Å². The fourth-order valence-electron chi connectivity index (χ4n) is 1.77. The molecule has 1 aromatic carbocycles. The first-order chi connectivity index (χ1) is 7.02. The van der Waals surface area contributed by atoms with E-state index in [2.05, 4.69) is 26.8 Å². The Labute approximate surface area is 97.6 Å². The highest BCUT2D eigenvalue weighted by Gasteiger charge is 2.12. The molecule has 2 heteroatoms.